The summed E-state index contributed by atoms with van der Waals surface area (Å²) in [6.45, 7) is 5.27. The third kappa shape index (κ3) is 4.21. The maximum Gasteiger partial charge on any atom is 0.227 e. The van der Waals surface area contributed by atoms with Gasteiger partial charge in [-0.2, -0.15) is 4.98 Å². The van der Waals surface area contributed by atoms with E-state index in [2.05, 4.69) is 21.4 Å². The van der Waals surface area contributed by atoms with E-state index in [4.69, 9.17) is 10.5 Å². The molecule has 21 heavy (non-hydrogen) atoms. The van der Waals surface area contributed by atoms with Crippen molar-refractivity contribution in [2.45, 2.75) is 13.0 Å². The molecule has 1 aromatic heterocycles. The average Bonchev–Trinajstić information content (AvgIpc) is 2.52. The van der Waals surface area contributed by atoms with Gasteiger partial charge in [0.05, 0.1) is 7.11 Å². The van der Waals surface area contributed by atoms with Crippen LogP contribution < -0.4 is 15.4 Å². The van der Waals surface area contributed by atoms with Crippen LogP contribution in [0.1, 0.15) is 12.0 Å². The zero-order chi connectivity index (χ0) is 15.1. The van der Waals surface area contributed by atoms with Gasteiger partial charge in [-0.1, -0.05) is 18.2 Å². The molecule has 5 heteroatoms. The Hall–Kier alpha value is -2.56. The van der Waals surface area contributed by atoms with Crippen LogP contribution >= 0.6 is 0 Å². The molecule has 0 bridgehead atoms. The van der Waals surface area contributed by atoms with Crippen LogP contribution in [0.25, 0.3) is 0 Å². The van der Waals surface area contributed by atoms with Gasteiger partial charge in [0.1, 0.15) is 11.6 Å². The number of benzene rings is 1. The summed E-state index contributed by atoms with van der Waals surface area (Å²) in [5, 5.41) is 0. The molecular weight excluding hydrogens is 264 g/mol. The molecule has 1 heterocycles. The predicted octanol–water partition coefficient (Wildman–Crippen LogP) is 2.65. The van der Waals surface area contributed by atoms with Crippen molar-refractivity contribution in [1.82, 2.24) is 9.97 Å². The summed E-state index contributed by atoms with van der Waals surface area (Å²) < 4.78 is 5.17. The number of anilines is 2. The predicted molar refractivity (Wildman–Crippen MR) is 85.3 cm³/mol. The van der Waals surface area contributed by atoms with Gasteiger partial charge in [-0.3, -0.25) is 0 Å². The van der Waals surface area contributed by atoms with Crippen LogP contribution in [-0.4, -0.2) is 23.6 Å². The van der Waals surface area contributed by atoms with E-state index in [-0.39, 0.29) is 0 Å². The maximum atomic E-state index is 5.74. The fraction of sp³-hybridized carbons (Fsp3) is 0.250. The summed E-state index contributed by atoms with van der Waals surface area (Å²) in [7, 11) is 1.66. The second kappa shape index (κ2) is 7.28. The smallest absolute Gasteiger partial charge is 0.227 e. The zero-order valence-corrected chi connectivity index (χ0v) is 12.2. The molecular formula is C16H20N4O. The second-order valence-electron chi connectivity index (χ2n) is 4.63. The maximum absolute atomic E-state index is 5.74. The zero-order valence-electron chi connectivity index (χ0n) is 12.2. The Bertz CT molecular complexity index is 583. The molecule has 0 atom stereocenters. The lowest BCUT2D eigenvalue weighted by molar-refractivity contribution is 0.414. The third-order valence-corrected chi connectivity index (χ3v) is 3.08. The molecule has 2 aromatic rings. The monoisotopic (exact) mass is 284 g/mol. The van der Waals surface area contributed by atoms with Gasteiger partial charge in [0.15, 0.2) is 0 Å². The molecule has 0 aliphatic rings. The fourth-order valence-corrected chi connectivity index (χ4v) is 1.96. The minimum absolute atomic E-state index is 0.471. The van der Waals surface area contributed by atoms with E-state index in [1.807, 2.05) is 30.3 Å². The van der Waals surface area contributed by atoms with Crippen molar-refractivity contribution < 1.29 is 4.74 Å². The van der Waals surface area contributed by atoms with Crippen molar-refractivity contribution >= 4 is 11.8 Å². The van der Waals surface area contributed by atoms with Crippen molar-refractivity contribution in [1.29, 1.82) is 0 Å². The van der Waals surface area contributed by atoms with E-state index in [9.17, 15) is 0 Å². The molecule has 0 amide bonds. The first-order chi connectivity index (χ1) is 10.2. The molecule has 5 nitrogen and oxygen atoms in total. The van der Waals surface area contributed by atoms with E-state index in [0.29, 0.717) is 18.3 Å². The summed E-state index contributed by atoms with van der Waals surface area (Å²) in [5.74, 6) is 1.95. The highest BCUT2D eigenvalue weighted by atomic mass is 16.5. The summed E-state index contributed by atoms with van der Waals surface area (Å²) in [6.07, 6.45) is 4.41. The van der Waals surface area contributed by atoms with E-state index >= 15 is 0 Å². The van der Waals surface area contributed by atoms with Gasteiger partial charge in [-0.05, 0) is 30.2 Å². The van der Waals surface area contributed by atoms with Gasteiger partial charge in [0.2, 0.25) is 5.95 Å². The molecule has 0 saturated heterocycles. The number of aromatic nitrogens is 2. The van der Waals surface area contributed by atoms with Crippen LogP contribution in [0, 0.1) is 0 Å². The molecule has 0 aliphatic heterocycles. The third-order valence-electron chi connectivity index (χ3n) is 3.08. The van der Waals surface area contributed by atoms with Crippen LogP contribution in [0.3, 0.4) is 0 Å². The first kappa shape index (κ1) is 14.8. The second-order valence-corrected chi connectivity index (χ2v) is 4.63. The largest absolute Gasteiger partial charge is 0.497 e. The Morgan fingerprint density at radius 2 is 2.05 bits per heavy atom. The topological polar surface area (TPSA) is 64.3 Å². The molecule has 2 rings (SSSR count). The van der Waals surface area contributed by atoms with Gasteiger partial charge >= 0.3 is 0 Å². The summed E-state index contributed by atoms with van der Waals surface area (Å²) in [6, 6.07) is 9.64. The van der Waals surface area contributed by atoms with Crippen LogP contribution in [0.5, 0.6) is 5.75 Å². The normalized spacial score (nSPS) is 10.1. The lowest BCUT2D eigenvalue weighted by Crippen LogP contribution is -2.25. The molecule has 0 radical (unpaired) electrons. The SMILES string of the molecule is C=CCCN(Cc1ccc(OC)cc1)c1nccc(N)n1. The molecule has 0 saturated carbocycles. The lowest BCUT2D eigenvalue weighted by Gasteiger charge is -2.22. The van der Waals surface area contributed by atoms with Gasteiger partial charge in [-0.15, -0.1) is 6.58 Å². The Balaban J connectivity index is 2.17. The van der Waals surface area contributed by atoms with Crippen molar-refractivity contribution in [3.63, 3.8) is 0 Å². The van der Waals surface area contributed by atoms with Gasteiger partial charge in [-0.25, -0.2) is 4.98 Å². The van der Waals surface area contributed by atoms with Crippen LogP contribution in [-0.2, 0) is 6.54 Å². The first-order valence-electron chi connectivity index (χ1n) is 6.80. The molecule has 1 aromatic carbocycles. The Labute approximate surface area is 125 Å². The minimum atomic E-state index is 0.471. The number of nitrogen functional groups attached to an aromatic ring is 1. The first-order valence-corrected chi connectivity index (χ1v) is 6.80. The van der Waals surface area contributed by atoms with E-state index in [1.54, 1.807) is 19.4 Å². The lowest BCUT2D eigenvalue weighted by atomic mass is 10.2. The summed E-state index contributed by atoms with van der Waals surface area (Å²) >= 11 is 0. The van der Waals surface area contributed by atoms with Gasteiger partial charge in [0.25, 0.3) is 0 Å². The minimum Gasteiger partial charge on any atom is -0.497 e. The highest BCUT2D eigenvalue weighted by Crippen LogP contribution is 2.16. The van der Waals surface area contributed by atoms with Crippen molar-refractivity contribution in [2.24, 2.45) is 0 Å². The van der Waals surface area contributed by atoms with Crippen LogP contribution in [0.15, 0.2) is 49.2 Å². The number of methoxy groups -OCH3 is 1. The number of nitrogens with zero attached hydrogens (tertiary/aromatic N) is 3. The van der Waals surface area contributed by atoms with Crippen LogP contribution in [0.2, 0.25) is 0 Å². The molecule has 0 fully saturated rings. The molecule has 0 spiro atoms. The fourth-order valence-electron chi connectivity index (χ4n) is 1.96. The van der Waals surface area contributed by atoms with E-state index < -0.39 is 0 Å². The van der Waals surface area contributed by atoms with Crippen molar-refractivity contribution in [3.8, 4) is 5.75 Å². The van der Waals surface area contributed by atoms with Crippen LogP contribution in [0.4, 0.5) is 11.8 Å². The average molecular weight is 284 g/mol. The van der Waals surface area contributed by atoms with Gasteiger partial charge in [0, 0.05) is 19.3 Å². The van der Waals surface area contributed by atoms with Crippen molar-refractivity contribution in [2.75, 3.05) is 24.3 Å². The summed E-state index contributed by atoms with van der Waals surface area (Å²) in [4.78, 5) is 10.7. The Morgan fingerprint density at radius 3 is 2.67 bits per heavy atom. The van der Waals surface area contributed by atoms with E-state index in [1.165, 1.54) is 0 Å². The molecule has 0 unspecified atom stereocenters. The van der Waals surface area contributed by atoms with E-state index in [0.717, 1.165) is 24.3 Å². The highest BCUT2D eigenvalue weighted by molar-refractivity contribution is 5.39. The standard InChI is InChI=1S/C16H20N4O/c1-3-4-11-20(16-18-10-9-15(17)19-16)12-13-5-7-14(21-2)8-6-13/h3,5-10H,1,4,11-12H2,2H3,(H2,17,18,19). The Kier molecular flexibility index (Phi) is 5.15. The molecule has 2 N–H and O–H groups in total. The quantitative estimate of drug-likeness (QED) is 0.792. The van der Waals surface area contributed by atoms with Gasteiger partial charge < -0.3 is 15.4 Å². The molecule has 0 aliphatic carbocycles. The number of hydrogen-bond acceptors (Lipinski definition) is 5. The number of nitrogens with two attached hydrogens (primary N) is 1. The summed E-state index contributed by atoms with van der Waals surface area (Å²) in [5.41, 5.74) is 6.90. The number of hydrogen-bond donors (Lipinski definition) is 1. The molecule has 110 valence electrons. The Morgan fingerprint density at radius 1 is 1.29 bits per heavy atom. The number of ether oxygens (including phenoxy) is 1. The highest BCUT2D eigenvalue weighted by Gasteiger charge is 2.10. The van der Waals surface area contributed by atoms with Crippen molar-refractivity contribution in [3.05, 3.63) is 54.7 Å². The number of rotatable bonds is 7.